The van der Waals surface area contributed by atoms with E-state index in [0.29, 0.717) is 0 Å². The van der Waals surface area contributed by atoms with Crippen molar-refractivity contribution in [2.45, 2.75) is 13.8 Å². The minimum absolute atomic E-state index is 0.731. The normalized spacial score (nSPS) is 8.33. The molecule has 0 aliphatic rings. The van der Waals surface area contributed by atoms with Gasteiger partial charge < -0.3 is 0 Å². The Morgan fingerprint density at radius 1 is 1.67 bits per heavy atom. The first-order valence-electron chi connectivity index (χ1n) is 3.00. The lowest BCUT2D eigenvalue weighted by molar-refractivity contribution is 0.752. The van der Waals surface area contributed by atoms with Crippen molar-refractivity contribution in [1.82, 2.24) is 0 Å². The molecule has 1 heteroatoms. The van der Waals surface area contributed by atoms with E-state index in [0.717, 1.165) is 11.7 Å². The second-order valence-corrected chi connectivity index (χ2v) is 2.98. The molecule has 0 aliphatic heterocycles. The SMILES string of the molecule is C=CC#CSCC(C)C. The lowest BCUT2D eigenvalue weighted by Crippen LogP contribution is -1.87. The summed E-state index contributed by atoms with van der Waals surface area (Å²) >= 11 is 1.65. The van der Waals surface area contributed by atoms with Gasteiger partial charge in [0.2, 0.25) is 0 Å². The number of thioether (sulfide) groups is 1. The molecule has 0 saturated carbocycles. The van der Waals surface area contributed by atoms with Crippen LogP contribution >= 0.6 is 11.8 Å². The van der Waals surface area contributed by atoms with Crippen molar-refractivity contribution in [2.24, 2.45) is 5.92 Å². The third-order valence-electron chi connectivity index (χ3n) is 0.650. The molecule has 50 valence electrons. The van der Waals surface area contributed by atoms with Gasteiger partial charge in [0.1, 0.15) is 0 Å². The molecule has 0 nitrogen and oxygen atoms in total. The second kappa shape index (κ2) is 5.78. The van der Waals surface area contributed by atoms with Crippen molar-refractivity contribution in [3.63, 3.8) is 0 Å². The van der Waals surface area contributed by atoms with E-state index in [1.807, 2.05) is 0 Å². The number of allylic oxidation sites excluding steroid dienone is 1. The molecule has 0 atom stereocenters. The molecular formula is C8H12S. The summed E-state index contributed by atoms with van der Waals surface area (Å²) < 4.78 is 0. The van der Waals surface area contributed by atoms with Crippen LogP contribution in [0, 0.1) is 17.1 Å². The van der Waals surface area contributed by atoms with Crippen LogP contribution in [0.15, 0.2) is 12.7 Å². The summed E-state index contributed by atoms with van der Waals surface area (Å²) in [4.78, 5) is 0. The smallest absolute Gasteiger partial charge is 0.00799 e. The molecule has 0 rings (SSSR count). The van der Waals surface area contributed by atoms with Gasteiger partial charge in [-0.3, -0.25) is 0 Å². The first-order chi connectivity index (χ1) is 4.27. The average Bonchev–Trinajstić information content (AvgIpc) is 1.80. The highest BCUT2D eigenvalue weighted by atomic mass is 32.2. The van der Waals surface area contributed by atoms with Crippen LogP contribution in [0.2, 0.25) is 0 Å². The molecular weight excluding hydrogens is 128 g/mol. The number of rotatable bonds is 2. The highest BCUT2D eigenvalue weighted by Crippen LogP contribution is 2.04. The molecule has 0 N–H and O–H groups in total. The Kier molecular flexibility index (Phi) is 5.56. The lowest BCUT2D eigenvalue weighted by Gasteiger charge is -1.95. The Balaban J connectivity index is 3.18. The Hall–Kier alpha value is -0.350. The summed E-state index contributed by atoms with van der Waals surface area (Å²) in [5.74, 6) is 4.62. The zero-order chi connectivity index (χ0) is 7.11. The first-order valence-corrected chi connectivity index (χ1v) is 3.99. The quantitative estimate of drug-likeness (QED) is 0.531. The van der Waals surface area contributed by atoms with E-state index in [4.69, 9.17) is 0 Å². The maximum atomic E-state index is 3.49. The molecule has 0 heterocycles. The number of hydrogen-bond donors (Lipinski definition) is 0. The summed E-state index contributed by atoms with van der Waals surface area (Å²) in [7, 11) is 0. The van der Waals surface area contributed by atoms with Crippen molar-refractivity contribution < 1.29 is 0 Å². The van der Waals surface area contributed by atoms with Crippen molar-refractivity contribution in [3.05, 3.63) is 12.7 Å². The predicted octanol–water partition coefficient (Wildman–Crippen LogP) is 2.52. The molecule has 0 saturated heterocycles. The summed E-state index contributed by atoms with van der Waals surface area (Å²) in [6.45, 7) is 7.86. The van der Waals surface area contributed by atoms with Crippen LogP contribution < -0.4 is 0 Å². The van der Waals surface area contributed by atoms with Gasteiger partial charge in [-0.25, -0.2) is 0 Å². The number of hydrogen-bond acceptors (Lipinski definition) is 1. The summed E-state index contributed by atoms with van der Waals surface area (Å²) in [5, 5.41) is 2.92. The second-order valence-electron chi connectivity index (χ2n) is 2.16. The molecule has 0 spiro atoms. The van der Waals surface area contributed by atoms with Gasteiger partial charge in [-0.1, -0.05) is 38.1 Å². The molecule has 0 radical (unpaired) electrons. The Morgan fingerprint density at radius 3 is 2.78 bits per heavy atom. The molecule has 0 fully saturated rings. The van der Waals surface area contributed by atoms with Gasteiger partial charge in [0.15, 0.2) is 0 Å². The van der Waals surface area contributed by atoms with Gasteiger partial charge in [0.25, 0.3) is 0 Å². The van der Waals surface area contributed by atoms with Crippen LogP contribution in [0.1, 0.15) is 13.8 Å². The van der Waals surface area contributed by atoms with Crippen LogP contribution in [0.5, 0.6) is 0 Å². The van der Waals surface area contributed by atoms with Gasteiger partial charge in [-0.15, -0.1) is 0 Å². The van der Waals surface area contributed by atoms with Crippen LogP contribution in [0.3, 0.4) is 0 Å². The third-order valence-corrected chi connectivity index (χ3v) is 1.75. The molecule has 0 unspecified atom stereocenters. The summed E-state index contributed by atoms with van der Waals surface area (Å²) in [5.41, 5.74) is 0. The fourth-order valence-electron chi connectivity index (χ4n) is 0.292. The van der Waals surface area contributed by atoms with Crippen LogP contribution in [0.25, 0.3) is 0 Å². The van der Waals surface area contributed by atoms with E-state index in [-0.39, 0.29) is 0 Å². The van der Waals surface area contributed by atoms with Gasteiger partial charge >= 0.3 is 0 Å². The van der Waals surface area contributed by atoms with Crippen molar-refractivity contribution in [2.75, 3.05) is 5.75 Å². The largest absolute Gasteiger partial charge is 0.0906 e. The topological polar surface area (TPSA) is 0 Å². The first kappa shape index (κ1) is 8.65. The van der Waals surface area contributed by atoms with E-state index < -0.39 is 0 Å². The Bertz CT molecular complexity index is 125. The van der Waals surface area contributed by atoms with Gasteiger partial charge in [0.05, 0.1) is 0 Å². The zero-order valence-corrected chi connectivity index (χ0v) is 6.79. The highest BCUT2D eigenvalue weighted by Gasteiger charge is 1.88. The minimum Gasteiger partial charge on any atom is -0.0906 e. The summed E-state index contributed by atoms with van der Waals surface area (Å²) in [6.07, 6.45) is 1.62. The minimum atomic E-state index is 0.731. The molecule has 9 heavy (non-hydrogen) atoms. The van der Waals surface area contributed by atoms with Crippen LogP contribution in [0.4, 0.5) is 0 Å². The molecule has 0 amide bonds. The van der Waals surface area contributed by atoms with E-state index >= 15 is 0 Å². The van der Waals surface area contributed by atoms with E-state index in [9.17, 15) is 0 Å². The average molecular weight is 140 g/mol. The summed E-state index contributed by atoms with van der Waals surface area (Å²) in [6, 6.07) is 0. The zero-order valence-electron chi connectivity index (χ0n) is 5.98. The molecule has 0 aliphatic carbocycles. The molecule has 0 bridgehead atoms. The maximum Gasteiger partial charge on any atom is 0.00799 e. The van der Waals surface area contributed by atoms with E-state index in [1.165, 1.54) is 0 Å². The molecule has 0 aromatic carbocycles. The Morgan fingerprint density at radius 2 is 2.33 bits per heavy atom. The van der Waals surface area contributed by atoms with Crippen molar-refractivity contribution >= 4 is 11.8 Å². The highest BCUT2D eigenvalue weighted by molar-refractivity contribution is 8.03. The van der Waals surface area contributed by atoms with Gasteiger partial charge in [-0.2, -0.15) is 0 Å². The van der Waals surface area contributed by atoms with Gasteiger partial charge in [-0.05, 0) is 17.2 Å². The van der Waals surface area contributed by atoms with E-state index in [2.05, 4.69) is 31.6 Å². The van der Waals surface area contributed by atoms with E-state index in [1.54, 1.807) is 17.8 Å². The fourth-order valence-corrected chi connectivity index (χ4v) is 0.875. The predicted molar refractivity (Wildman–Crippen MR) is 45.3 cm³/mol. The Labute approximate surface area is 61.7 Å². The van der Waals surface area contributed by atoms with Crippen LogP contribution in [-0.2, 0) is 0 Å². The van der Waals surface area contributed by atoms with Crippen molar-refractivity contribution in [3.8, 4) is 11.2 Å². The molecule has 0 aromatic heterocycles. The molecule has 0 aromatic rings. The lowest BCUT2D eigenvalue weighted by atomic mass is 10.3. The third kappa shape index (κ3) is 7.65. The van der Waals surface area contributed by atoms with Crippen LogP contribution in [-0.4, -0.2) is 5.75 Å². The fraction of sp³-hybridized carbons (Fsp3) is 0.500. The van der Waals surface area contributed by atoms with Gasteiger partial charge in [0, 0.05) is 5.75 Å². The van der Waals surface area contributed by atoms with Crippen molar-refractivity contribution in [1.29, 1.82) is 0 Å². The monoisotopic (exact) mass is 140 g/mol. The maximum absolute atomic E-state index is 3.49. The standard InChI is InChI=1S/C8H12S/c1-4-5-6-9-7-8(2)3/h4,8H,1,7H2,2-3H3.